The maximum atomic E-state index is 12.8. The molecule has 0 radical (unpaired) electrons. The number of anilines is 1. The second-order valence-electron chi connectivity index (χ2n) is 8.05. The molecule has 1 atom stereocenters. The number of ether oxygens (including phenoxy) is 3. The summed E-state index contributed by atoms with van der Waals surface area (Å²) in [5, 5.41) is 2.81. The summed E-state index contributed by atoms with van der Waals surface area (Å²) in [7, 11) is 3.04. The molecule has 4 N–H and O–H groups in total. The number of nitrogens with one attached hydrogen (secondary N) is 2. The van der Waals surface area contributed by atoms with Crippen LogP contribution in [0.3, 0.4) is 0 Å². The molecule has 9 heteroatoms. The van der Waals surface area contributed by atoms with Crippen LogP contribution >= 0.6 is 0 Å². The molecule has 3 aromatic rings. The zero-order valence-electron chi connectivity index (χ0n) is 18.0. The highest BCUT2D eigenvalue weighted by atomic mass is 16.6. The van der Waals surface area contributed by atoms with Gasteiger partial charge in [0.25, 0.3) is 0 Å². The first-order valence-corrected chi connectivity index (χ1v) is 9.40. The number of hydrogen-bond acceptors (Lipinski definition) is 7. The predicted molar refractivity (Wildman–Crippen MR) is 114 cm³/mol. The van der Waals surface area contributed by atoms with Crippen molar-refractivity contribution in [1.29, 1.82) is 0 Å². The van der Waals surface area contributed by atoms with Gasteiger partial charge < -0.3 is 30.2 Å². The Morgan fingerprint density at radius 3 is 2.50 bits per heavy atom. The number of nitrogen functional groups attached to an aromatic ring is 1. The predicted octanol–water partition coefficient (Wildman–Crippen LogP) is 3.35. The number of fused-ring (bicyclic) bond motifs is 1. The number of amides is 1. The largest absolute Gasteiger partial charge is 0.497 e. The molecule has 2 heterocycles. The van der Waals surface area contributed by atoms with Crippen molar-refractivity contribution in [2.75, 3.05) is 20.0 Å². The van der Waals surface area contributed by atoms with Crippen LogP contribution in [0.2, 0.25) is 0 Å². The summed E-state index contributed by atoms with van der Waals surface area (Å²) in [6.45, 7) is 7.30. The fourth-order valence-corrected chi connectivity index (χ4v) is 3.35. The number of pyridine rings is 1. The van der Waals surface area contributed by atoms with Crippen molar-refractivity contribution in [1.82, 2.24) is 20.3 Å². The smallest absolute Gasteiger partial charge is 0.408 e. The van der Waals surface area contributed by atoms with E-state index in [0.717, 1.165) is 5.52 Å². The molecule has 0 bridgehead atoms. The van der Waals surface area contributed by atoms with Crippen molar-refractivity contribution in [3.63, 3.8) is 0 Å². The number of imidazole rings is 1. The van der Waals surface area contributed by atoms with E-state index in [0.29, 0.717) is 34.0 Å². The lowest BCUT2D eigenvalue weighted by atomic mass is 9.88. The van der Waals surface area contributed by atoms with Crippen molar-refractivity contribution in [3.05, 3.63) is 42.0 Å². The average Bonchev–Trinajstić information content (AvgIpc) is 3.13. The highest BCUT2D eigenvalue weighted by Crippen LogP contribution is 2.45. The minimum atomic E-state index is -1.41. The standard InChI is InChI=1S/C21H27N5O4/c1-20(2,3)26-19(27)30-21(4,18-17-14(7-8-23-18)24-11-25-17)16-13(22)9-12(28-5)10-15(16)29-6/h7-11H,22H2,1-6H3,(H,24,25)(H,26,27). The van der Waals surface area contributed by atoms with E-state index in [1.807, 2.05) is 20.8 Å². The van der Waals surface area contributed by atoms with Crippen LogP contribution in [0.15, 0.2) is 30.7 Å². The molecule has 0 saturated carbocycles. The number of aromatic nitrogens is 3. The third-order valence-electron chi connectivity index (χ3n) is 4.60. The highest BCUT2D eigenvalue weighted by molar-refractivity contribution is 5.80. The summed E-state index contributed by atoms with van der Waals surface area (Å²) in [4.78, 5) is 24.8. The first-order valence-electron chi connectivity index (χ1n) is 9.40. The van der Waals surface area contributed by atoms with Gasteiger partial charge in [-0.25, -0.2) is 9.78 Å². The van der Waals surface area contributed by atoms with E-state index in [1.54, 1.807) is 37.6 Å². The number of aromatic amines is 1. The number of rotatable bonds is 5. The van der Waals surface area contributed by atoms with E-state index in [9.17, 15) is 4.79 Å². The number of carbonyl (C=O) groups excluding carboxylic acids is 1. The zero-order chi connectivity index (χ0) is 22.1. The molecule has 30 heavy (non-hydrogen) atoms. The molecular weight excluding hydrogens is 386 g/mol. The van der Waals surface area contributed by atoms with Gasteiger partial charge in [0.2, 0.25) is 0 Å². The fraction of sp³-hybridized carbons (Fsp3) is 0.381. The Bertz CT molecular complexity index is 1070. The first-order chi connectivity index (χ1) is 14.1. The maximum absolute atomic E-state index is 12.8. The third kappa shape index (κ3) is 3.96. The molecule has 9 nitrogen and oxygen atoms in total. The number of nitrogens with zero attached hydrogens (tertiary/aromatic N) is 2. The summed E-state index contributed by atoms with van der Waals surface area (Å²) < 4.78 is 16.9. The van der Waals surface area contributed by atoms with Crippen molar-refractivity contribution < 1.29 is 19.0 Å². The number of benzene rings is 1. The van der Waals surface area contributed by atoms with Gasteiger partial charge in [-0.1, -0.05) is 0 Å². The first kappa shape index (κ1) is 21.2. The Hall–Kier alpha value is -3.49. The monoisotopic (exact) mass is 413 g/mol. The highest BCUT2D eigenvalue weighted by Gasteiger charge is 2.42. The summed E-state index contributed by atoms with van der Waals surface area (Å²) in [5.74, 6) is 0.910. The second-order valence-corrected chi connectivity index (χ2v) is 8.05. The lowest BCUT2D eigenvalue weighted by Crippen LogP contribution is -2.45. The molecule has 0 aliphatic carbocycles. The van der Waals surface area contributed by atoms with Gasteiger partial charge in [0, 0.05) is 29.6 Å². The van der Waals surface area contributed by atoms with Crippen LogP contribution in [0.25, 0.3) is 11.0 Å². The number of H-pyrrole nitrogens is 1. The summed E-state index contributed by atoms with van der Waals surface area (Å²) >= 11 is 0. The number of methoxy groups -OCH3 is 2. The van der Waals surface area contributed by atoms with E-state index in [2.05, 4.69) is 20.3 Å². The summed E-state index contributed by atoms with van der Waals surface area (Å²) in [6.07, 6.45) is 2.54. The van der Waals surface area contributed by atoms with Gasteiger partial charge in [-0.05, 0) is 33.8 Å². The van der Waals surface area contributed by atoms with Crippen LogP contribution < -0.4 is 20.5 Å². The molecule has 1 aromatic carbocycles. The molecule has 0 spiro atoms. The van der Waals surface area contributed by atoms with Crippen LogP contribution in [0.4, 0.5) is 10.5 Å². The molecule has 2 aromatic heterocycles. The second kappa shape index (κ2) is 7.74. The van der Waals surface area contributed by atoms with E-state index in [4.69, 9.17) is 19.9 Å². The quantitative estimate of drug-likeness (QED) is 0.548. The number of hydrogen-bond donors (Lipinski definition) is 3. The van der Waals surface area contributed by atoms with Crippen LogP contribution in [-0.4, -0.2) is 40.8 Å². The Kier molecular flexibility index (Phi) is 5.47. The Balaban J connectivity index is 2.26. The minimum Gasteiger partial charge on any atom is -0.497 e. The van der Waals surface area contributed by atoms with Gasteiger partial charge in [0.05, 0.1) is 31.6 Å². The molecule has 0 fully saturated rings. The number of carbonyl (C=O) groups is 1. The molecule has 0 aliphatic rings. The van der Waals surface area contributed by atoms with Crippen molar-refractivity contribution in [2.24, 2.45) is 0 Å². The third-order valence-corrected chi connectivity index (χ3v) is 4.60. The van der Waals surface area contributed by atoms with Crippen LogP contribution in [0.5, 0.6) is 11.5 Å². The molecule has 160 valence electrons. The number of nitrogens with two attached hydrogens (primary N) is 1. The normalized spacial score (nSPS) is 13.5. The maximum Gasteiger partial charge on any atom is 0.408 e. The SMILES string of the molecule is COc1cc(N)c(C(C)(OC(=O)NC(C)(C)C)c2nccc3[nH]cnc23)c(OC)c1. The van der Waals surface area contributed by atoms with Gasteiger partial charge in [-0.2, -0.15) is 0 Å². The zero-order valence-corrected chi connectivity index (χ0v) is 18.0. The van der Waals surface area contributed by atoms with Gasteiger partial charge in [0.15, 0.2) is 5.60 Å². The lowest BCUT2D eigenvalue weighted by Gasteiger charge is -2.33. The Morgan fingerprint density at radius 1 is 1.13 bits per heavy atom. The van der Waals surface area contributed by atoms with Gasteiger partial charge in [-0.15, -0.1) is 0 Å². The van der Waals surface area contributed by atoms with Crippen LogP contribution in [0, 0.1) is 0 Å². The van der Waals surface area contributed by atoms with Crippen LogP contribution in [0.1, 0.15) is 39.0 Å². The fourth-order valence-electron chi connectivity index (χ4n) is 3.35. The van der Waals surface area contributed by atoms with Crippen molar-refractivity contribution in [2.45, 2.75) is 38.8 Å². The van der Waals surface area contributed by atoms with Gasteiger partial charge in [0.1, 0.15) is 22.7 Å². The van der Waals surface area contributed by atoms with Crippen molar-refractivity contribution in [3.8, 4) is 11.5 Å². The Labute approximate surface area is 174 Å². The molecular formula is C21H27N5O4. The molecule has 3 rings (SSSR count). The molecule has 0 saturated heterocycles. The van der Waals surface area contributed by atoms with Gasteiger partial charge in [-0.3, -0.25) is 4.98 Å². The topological polar surface area (TPSA) is 124 Å². The molecule has 1 amide bonds. The minimum absolute atomic E-state index is 0.326. The van der Waals surface area contributed by atoms with E-state index in [1.165, 1.54) is 14.2 Å². The van der Waals surface area contributed by atoms with Crippen molar-refractivity contribution >= 4 is 22.8 Å². The van der Waals surface area contributed by atoms with Crippen LogP contribution in [-0.2, 0) is 10.3 Å². The summed E-state index contributed by atoms with van der Waals surface area (Å²) in [6, 6.07) is 5.11. The van der Waals surface area contributed by atoms with E-state index >= 15 is 0 Å². The van der Waals surface area contributed by atoms with E-state index < -0.39 is 17.2 Å². The molecule has 0 aliphatic heterocycles. The number of alkyl carbamates (subject to hydrolysis) is 1. The van der Waals surface area contributed by atoms with E-state index in [-0.39, 0.29) is 0 Å². The Morgan fingerprint density at radius 2 is 1.87 bits per heavy atom. The summed E-state index contributed by atoms with van der Waals surface area (Å²) in [5.41, 5.74) is 6.97. The van der Waals surface area contributed by atoms with Gasteiger partial charge >= 0.3 is 6.09 Å². The average molecular weight is 413 g/mol. The lowest BCUT2D eigenvalue weighted by molar-refractivity contribution is 0.0445. The molecule has 1 unspecified atom stereocenters.